The van der Waals surface area contributed by atoms with Crippen LogP contribution in [0.3, 0.4) is 0 Å². The summed E-state index contributed by atoms with van der Waals surface area (Å²) in [5.74, 6) is 1.77. The summed E-state index contributed by atoms with van der Waals surface area (Å²) < 4.78 is 13.2. The molecule has 0 aromatic carbocycles. The summed E-state index contributed by atoms with van der Waals surface area (Å²) in [6, 6.07) is 4.04. The Balaban J connectivity index is 1.41. The Labute approximate surface area is 173 Å². The maximum atomic E-state index is 13.2. The van der Waals surface area contributed by atoms with Crippen molar-refractivity contribution in [2.45, 2.75) is 25.4 Å². The zero-order valence-corrected chi connectivity index (χ0v) is 17.5. The molecular weight excluding hydrogens is 390 g/mol. The average molecular weight is 416 g/mol. The van der Waals surface area contributed by atoms with Gasteiger partial charge in [-0.3, -0.25) is 9.59 Å². The highest BCUT2D eigenvalue weighted by Gasteiger charge is 2.38. The van der Waals surface area contributed by atoms with E-state index in [1.807, 2.05) is 39.9 Å². The molecule has 1 saturated heterocycles. The van der Waals surface area contributed by atoms with Crippen molar-refractivity contribution in [1.29, 1.82) is 0 Å². The van der Waals surface area contributed by atoms with Crippen molar-refractivity contribution < 1.29 is 14.3 Å². The van der Waals surface area contributed by atoms with E-state index in [1.54, 1.807) is 0 Å². The quantitative estimate of drug-likeness (QED) is 0.767. The van der Waals surface area contributed by atoms with E-state index in [2.05, 4.69) is 6.07 Å². The first kappa shape index (κ1) is 18.7. The zero-order valence-electron chi connectivity index (χ0n) is 16.7. The predicted molar refractivity (Wildman–Crippen MR) is 110 cm³/mol. The van der Waals surface area contributed by atoms with E-state index in [0.717, 1.165) is 17.7 Å². The lowest BCUT2D eigenvalue weighted by Crippen LogP contribution is -2.49. The lowest BCUT2D eigenvalue weighted by Gasteiger charge is -2.42. The lowest BCUT2D eigenvalue weighted by molar-refractivity contribution is 0.0591. The molecule has 0 saturated carbocycles. The second-order valence-electron chi connectivity index (χ2n) is 8.40. The summed E-state index contributed by atoms with van der Waals surface area (Å²) >= 11 is 1.39. The van der Waals surface area contributed by atoms with Crippen LogP contribution in [0, 0.1) is 5.92 Å². The highest BCUT2D eigenvalue weighted by Crippen LogP contribution is 2.42. The smallest absolute Gasteiger partial charge is 0.267 e. The van der Waals surface area contributed by atoms with Crippen LogP contribution in [0.25, 0.3) is 0 Å². The van der Waals surface area contributed by atoms with E-state index in [9.17, 15) is 9.59 Å². The van der Waals surface area contributed by atoms with Crippen LogP contribution in [-0.2, 0) is 13.1 Å². The molecule has 0 aliphatic carbocycles. The van der Waals surface area contributed by atoms with Crippen LogP contribution in [0.2, 0.25) is 0 Å². The molecule has 3 aliphatic rings. The largest absolute Gasteiger partial charge is 0.485 e. The van der Waals surface area contributed by atoms with E-state index in [0.29, 0.717) is 61.7 Å². The van der Waals surface area contributed by atoms with Gasteiger partial charge >= 0.3 is 0 Å². The van der Waals surface area contributed by atoms with Crippen molar-refractivity contribution in [3.05, 3.63) is 44.0 Å². The maximum absolute atomic E-state index is 13.2. The van der Waals surface area contributed by atoms with E-state index in [1.165, 1.54) is 11.3 Å². The molecule has 1 fully saturated rings. The molecule has 2 bridgehead atoms. The predicted octanol–water partition coefficient (Wildman–Crippen LogP) is 2.00. The fourth-order valence-electron chi connectivity index (χ4n) is 4.77. The van der Waals surface area contributed by atoms with Crippen molar-refractivity contribution in [2.75, 3.05) is 40.4 Å². The number of thiophene rings is 1. The van der Waals surface area contributed by atoms with E-state index < -0.39 is 0 Å². The summed E-state index contributed by atoms with van der Waals surface area (Å²) in [5.41, 5.74) is 2.00. The highest BCUT2D eigenvalue weighted by molar-refractivity contribution is 7.12. The van der Waals surface area contributed by atoms with Crippen LogP contribution in [0.1, 0.15) is 33.3 Å². The lowest BCUT2D eigenvalue weighted by atomic mass is 9.83. The number of piperidine rings is 1. The van der Waals surface area contributed by atoms with E-state index >= 15 is 0 Å². The van der Waals surface area contributed by atoms with Gasteiger partial charge in [-0.25, -0.2) is 0 Å². The van der Waals surface area contributed by atoms with Gasteiger partial charge in [0, 0.05) is 48.7 Å². The van der Waals surface area contributed by atoms with Gasteiger partial charge in [-0.05, 0) is 32.5 Å². The zero-order chi connectivity index (χ0) is 20.1. The number of pyridine rings is 1. The average Bonchev–Trinajstić information content (AvgIpc) is 3.13. The number of carbonyl (C=O) groups excluding carboxylic acids is 1. The SMILES string of the molecule is CN(C)Cc1ccc2n(c1=O)C[C@H]1C[C@@H]2CN(C(=O)c2scc3c2OCCO3)C1. The molecule has 7 nitrogen and oxygen atoms in total. The summed E-state index contributed by atoms with van der Waals surface area (Å²) in [6.07, 6.45) is 1.03. The molecule has 3 aliphatic heterocycles. The molecule has 8 heteroatoms. The summed E-state index contributed by atoms with van der Waals surface area (Å²) in [6.45, 7) is 3.62. The summed E-state index contributed by atoms with van der Waals surface area (Å²) in [7, 11) is 3.94. The van der Waals surface area contributed by atoms with Gasteiger partial charge in [-0.2, -0.15) is 0 Å². The Hall–Kier alpha value is -2.32. The number of ether oxygens (including phenoxy) is 2. The third-order valence-electron chi connectivity index (χ3n) is 5.95. The van der Waals surface area contributed by atoms with Crippen LogP contribution < -0.4 is 15.0 Å². The van der Waals surface area contributed by atoms with Gasteiger partial charge in [-0.15, -0.1) is 11.3 Å². The Morgan fingerprint density at radius 1 is 1.21 bits per heavy atom. The second-order valence-corrected chi connectivity index (χ2v) is 9.28. The number of carbonyl (C=O) groups is 1. The molecule has 2 aromatic heterocycles. The first-order valence-corrected chi connectivity index (χ1v) is 10.9. The highest BCUT2D eigenvalue weighted by atomic mass is 32.1. The standard InChI is InChI=1S/C21H25N3O4S/c1-22(2)10-14-3-4-16-15-7-13(9-24(16)20(14)25)8-23(11-15)21(26)19-18-17(12-29-19)27-5-6-28-18/h3-4,12-13,15H,5-11H2,1-2H3/t13-,15+/m0/s1. The molecular formula is C21H25N3O4S. The minimum atomic E-state index is 0.0106. The molecule has 29 heavy (non-hydrogen) atoms. The third kappa shape index (κ3) is 3.24. The number of fused-ring (bicyclic) bond motifs is 5. The number of amides is 1. The summed E-state index contributed by atoms with van der Waals surface area (Å²) in [4.78, 5) is 30.8. The normalized spacial score (nSPS) is 22.5. The Kier molecular flexibility index (Phi) is 4.63. The van der Waals surface area contributed by atoms with Gasteiger partial charge in [0.15, 0.2) is 11.5 Å². The molecule has 0 N–H and O–H groups in total. The van der Waals surface area contributed by atoms with Crippen molar-refractivity contribution in [2.24, 2.45) is 5.92 Å². The minimum absolute atomic E-state index is 0.0106. The van der Waals surface area contributed by atoms with Crippen LogP contribution in [0.15, 0.2) is 22.3 Å². The second kappa shape index (κ2) is 7.18. The van der Waals surface area contributed by atoms with E-state index in [-0.39, 0.29) is 17.4 Å². The monoisotopic (exact) mass is 415 g/mol. The van der Waals surface area contributed by atoms with Crippen molar-refractivity contribution in [3.8, 4) is 11.5 Å². The third-order valence-corrected chi connectivity index (χ3v) is 6.88. The Morgan fingerprint density at radius 2 is 2.03 bits per heavy atom. The van der Waals surface area contributed by atoms with Crippen molar-refractivity contribution >= 4 is 17.2 Å². The molecule has 154 valence electrons. The summed E-state index contributed by atoms with van der Waals surface area (Å²) in [5, 5.41) is 1.85. The van der Waals surface area contributed by atoms with Crippen LogP contribution >= 0.6 is 11.3 Å². The number of hydrogen-bond acceptors (Lipinski definition) is 6. The van der Waals surface area contributed by atoms with Crippen molar-refractivity contribution in [1.82, 2.24) is 14.4 Å². The van der Waals surface area contributed by atoms with Gasteiger partial charge in [-0.1, -0.05) is 6.07 Å². The number of likely N-dealkylation sites (tertiary alicyclic amines) is 1. The van der Waals surface area contributed by atoms with Crippen LogP contribution in [0.4, 0.5) is 0 Å². The van der Waals surface area contributed by atoms with E-state index in [4.69, 9.17) is 9.47 Å². The molecule has 2 aromatic rings. The van der Waals surface area contributed by atoms with Gasteiger partial charge in [0.2, 0.25) is 0 Å². The van der Waals surface area contributed by atoms with Gasteiger partial charge in [0.25, 0.3) is 11.5 Å². The number of aromatic nitrogens is 1. The first-order valence-electron chi connectivity index (χ1n) is 10.0. The van der Waals surface area contributed by atoms with Crippen LogP contribution in [-0.4, -0.2) is 60.7 Å². The molecule has 5 heterocycles. The fourth-order valence-corrected chi connectivity index (χ4v) is 5.67. The van der Waals surface area contributed by atoms with Gasteiger partial charge < -0.3 is 23.8 Å². The topological polar surface area (TPSA) is 64.0 Å². The molecule has 2 atom stereocenters. The fraction of sp³-hybridized carbons (Fsp3) is 0.524. The number of nitrogens with zero attached hydrogens (tertiary/aromatic N) is 3. The van der Waals surface area contributed by atoms with Gasteiger partial charge in [0.05, 0.1) is 0 Å². The maximum Gasteiger partial charge on any atom is 0.267 e. The Morgan fingerprint density at radius 3 is 2.86 bits per heavy atom. The minimum Gasteiger partial charge on any atom is -0.485 e. The first-order chi connectivity index (χ1) is 14.0. The molecule has 5 rings (SSSR count). The Bertz CT molecular complexity index is 1010. The molecule has 0 spiro atoms. The molecule has 1 amide bonds. The number of rotatable bonds is 3. The molecule has 0 unspecified atom stereocenters. The number of hydrogen-bond donors (Lipinski definition) is 0. The molecule has 0 radical (unpaired) electrons. The van der Waals surface area contributed by atoms with Crippen LogP contribution in [0.5, 0.6) is 11.5 Å². The van der Waals surface area contributed by atoms with Crippen molar-refractivity contribution in [3.63, 3.8) is 0 Å². The van der Waals surface area contributed by atoms with Gasteiger partial charge in [0.1, 0.15) is 18.1 Å².